The molecule has 6 nitrogen and oxygen atoms in total. The maximum Gasteiger partial charge on any atom is 0.307 e. The molecule has 0 aliphatic rings. The van der Waals surface area contributed by atoms with Gasteiger partial charge in [-0.2, -0.15) is 0 Å². The van der Waals surface area contributed by atoms with Gasteiger partial charge in [0, 0.05) is 29.9 Å². The van der Waals surface area contributed by atoms with E-state index in [9.17, 15) is 4.79 Å². The molecule has 0 spiro atoms. The number of hydrogen-bond donors (Lipinski definition) is 1. The van der Waals surface area contributed by atoms with Crippen LogP contribution >= 0.6 is 0 Å². The summed E-state index contributed by atoms with van der Waals surface area (Å²) in [4.78, 5) is 24.5. The molecule has 0 fully saturated rings. The molecule has 0 saturated carbocycles. The number of benzene rings is 1. The van der Waals surface area contributed by atoms with Gasteiger partial charge >= 0.3 is 5.97 Å². The Morgan fingerprint density at radius 2 is 1.91 bits per heavy atom. The van der Waals surface area contributed by atoms with E-state index in [-0.39, 0.29) is 12.4 Å². The Bertz CT molecular complexity index is 821. The summed E-state index contributed by atoms with van der Waals surface area (Å²) < 4.78 is 4.65. The smallest absolute Gasteiger partial charge is 0.307 e. The van der Waals surface area contributed by atoms with Crippen molar-refractivity contribution in [3.05, 3.63) is 48.8 Å². The fourth-order valence-corrected chi connectivity index (χ4v) is 2.23. The third kappa shape index (κ3) is 3.42. The average molecular weight is 308 g/mol. The van der Waals surface area contributed by atoms with Gasteiger partial charge in [0.2, 0.25) is 0 Å². The van der Waals surface area contributed by atoms with Gasteiger partial charge in [-0.3, -0.25) is 9.78 Å². The van der Waals surface area contributed by atoms with Crippen LogP contribution in [0.5, 0.6) is 0 Å². The molecule has 0 aliphatic carbocycles. The summed E-state index contributed by atoms with van der Waals surface area (Å²) in [5.41, 5.74) is 1.73. The van der Waals surface area contributed by atoms with E-state index < -0.39 is 0 Å². The molecule has 0 amide bonds. The third-order valence-corrected chi connectivity index (χ3v) is 3.39. The summed E-state index contributed by atoms with van der Waals surface area (Å²) in [5, 5.41) is 4.11. The first kappa shape index (κ1) is 14.9. The third-order valence-electron chi connectivity index (χ3n) is 3.39. The molecule has 1 N–H and O–H groups in total. The number of nitrogens with zero attached hydrogens (tertiary/aromatic N) is 3. The largest absolute Gasteiger partial charge is 0.469 e. The van der Waals surface area contributed by atoms with Crippen LogP contribution in [0.4, 0.5) is 5.82 Å². The number of fused-ring (bicyclic) bond motifs is 1. The molecular weight excluding hydrogens is 292 g/mol. The predicted octanol–water partition coefficient (Wildman–Crippen LogP) is 2.67. The van der Waals surface area contributed by atoms with Gasteiger partial charge < -0.3 is 10.1 Å². The molecule has 0 saturated heterocycles. The fraction of sp³-hybridized carbons (Fsp3) is 0.176. The number of carbonyl (C=O) groups is 1. The zero-order valence-electron chi connectivity index (χ0n) is 12.7. The van der Waals surface area contributed by atoms with Crippen LogP contribution in [-0.4, -0.2) is 34.6 Å². The summed E-state index contributed by atoms with van der Waals surface area (Å²) in [5.74, 6) is 1.06. The lowest BCUT2D eigenvalue weighted by atomic mass is 10.2. The second-order valence-corrected chi connectivity index (χ2v) is 4.90. The van der Waals surface area contributed by atoms with Gasteiger partial charge in [0.05, 0.1) is 19.0 Å². The number of ether oxygens (including phenoxy) is 1. The molecule has 0 bridgehead atoms. The second kappa shape index (κ2) is 6.83. The number of hydrogen-bond acceptors (Lipinski definition) is 6. The minimum atomic E-state index is -0.259. The Hall–Kier alpha value is -3.02. The maximum absolute atomic E-state index is 11.3. The molecule has 23 heavy (non-hydrogen) atoms. The van der Waals surface area contributed by atoms with Gasteiger partial charge in [0.15, 0.2) is 5.82 Å². The molecule has 3 rings (SSSR count). The van der Waals surface area contributed by atoms with Crippen LogP contribution in [0.3, 0.4) is 0 Å². The van der Waals surface area contributed by atoms with Gasteiger partial charge in [-0.25, -0.2) is 9.97 Å². The van der Waals surface area contributed by atoms with Crippen LogP contribution in [0.15, 0.2) is 48.8 Å². The lowest BCUT2D eigenvalue weighted by molar-refractivity contribution is -0.140. The van der Waals surface area contributed by atoms with Crippen LogP contribution in [0.1, 0.15) is 6.42 Å². The number of esters is 1. The highest BCUT2D eigenvalue weighted by Crippen LogP contribution is 2.24. The number of aromatic nitrogens is 3. The lowest BCUT2D eigenvalue weighted by Gasteiger charge is -2.10. The molecule has 3 aromatic rings. The molecule has 2 aromatic heterocycles. The molecule has 116 valence electrons. The Kier molecular flexibility index (Phi) is 4.42. The number of carbonyl (C=O) groups excluding carboxylic acids is 1. The van der Waals surface area contributed by atoms with E-state index in [1.54, 1.807) is 12.4 Å². The monoisotopic (exact) mass is 308 g/mol. The highest BCUT2D eigenvalue weighted by atomic mass is 16.5. The fourth-order valence-electron chi connectivity index (χ4n) is 2.23. The van der Waals surface area contributed by atoms with E-state index in [0.29, 0.717) is 18.2 Å². The number of methoxy groups -OCH3 is 1. The minimum absolute atomic E-state index is 0.259. The topological polar surface area (TPSA) is 77.0 Å². The molecule has 1 aromatic carbocycles. The molecular formula is C17H16N4O2. The van der Waals surface area contributed by atoms with Crippen molar-refractivity contribution in [2.45, 2.75) is 6.42 Å². The normalized spacial score (nSPS) is 10.5. The number of para-hydroxylation sites is 1. The molecule has 6 heteroatoms. The first-order valence-electron chi connectivity index (χ1n) is 7.26. The lowest BCUT2D eigenvalue weighted by Crippen LogP contribution is -2.11. The standard InChI is InChI=1S/C17H16N4O2/c1-23-15(22)8-11-19-17-13-4-2-3-5-14(13)20-16(21-17)12-6-9-18-10-7-12/h2-7,9-10H,8,11H2,1H3,(H,19,20,21). The van der Waals surface area contributed by atoms with Crippen LogP contribution < -0.4 is 5.32 Å². The summed E-state index contributed by atoms with van der Waals surface area (Å²) in [6.07, 6.45) is 3.69. The van der Waals surface area contributed by atoms with Crippen molar-refractivity contribution < 1.29 is 9.53 Å². The van der Waals surface area contributed by atoms with Crippen LogP contribution in [0, 0.1) is 0 Å². The van der Waals surface area contributed by atoms with E-state index in [1.807, 2.05) is 36.4 Å². The first-order valence-corrected chi connectivity index (χ1v) is 7.26. The molecule has 0 aliphatic heterocycles. The maximum atomic E-state index is 11.3. The molecule has 0 unspecified atom stereocenters. The summed E-state index contributed by atoms with van der Waals surface area (Å²) in [6.45, 7) is 0.448. The number of pyridine rings is 1. The average Bonchev–Trinajstić information content (AvgIpc) is 2.62. The van der Waals surface area contributed by atoms with Gasteiger partial charge in [-0.1, -0.05) is 12.1 Å². The van der Waals surface area contributed by atoms with Crippen LogP contribution in [0.25, 0.3) is 22.3 Å². The molecule has 0 radical (unpaired) electrons. The zero-order valence-corrected chi connectivity index (χ0v) is 12.7. The van der Waals surface area contributed by atoms with Gasteiger partial charge in [-0.15, -0.1) is 0 Å². The van der Waals surface area contributed by atoms with Gasteiger partial charge in [0.1, 0.15) is 5.82 Å². The van der Waals surface area contributed by atoms with Crippen molar-refractivity contribution in [1.29, 1.82) is 0 Å². The van der Waals surface area contributed by atoms with Crippen molar-refractivity contribution >= 4 is 22.7 Å². The van der Waals surface area contributed by atoms with Crippen molar-refractivity contribution in [2.75, 3.05) is 19.0 Å². The van der Waals surface area contributed by atoms with E-state index in [2.05, 4.69) is 25.0 Å². The van der Waals surface area contributed by atoms with Gasteiger partial charge in [0.25, 0.3) is 0 Å². The molecule has 0 atom stereocenters. The van der Waals surface area contributed by atoms with Crippen molar-refractivity contribution in [2.24, 2.45) is 0 Å². The quantitative estimate of drug-likeness (QED) is 0.730. The van der Waals surface area contributed by atoms with Gasteiger partial charge in [-0.05, 0) is 24.3 Å². The Balaban J connectivity index is 1.96. The number of nitrogens with one attached hydrogen (secondary N) is 1. The van der Waals surface area contributed by atoms with E-state index in [4.69, 9.17) is 0 Å². The zero-order chi connectivity index (χ0) is 16.1. The Labute approximate surface area is 133 Å². The second-order valence-electron chi connectivity index (χ2n) is 4.90. The Morgan fingerprint density at radius 3 is 2.70 bits per heavy atom. The highest BCUT2D eigenvalue weighted by molar-refractivity contribution is 5.90. The Morgan fingerprint density at radius 1 is 1.13 bits per heavy atom. The summed E-state index contributed by atoms with van der Waals surface area (Å²) in [6, 6.07) is 11.5. The van der Waals surface area contributed by atoms with E-state index in [1.165, 1.54) is 7.11 Å². The molecule has 2 heterocycles. The SMILES string of the molecule is COC(=O)CCNc1nc(-c2ccncc2)nc2ccccc12. The van der Waals surface area contributed by atoms with Crippen molar-refractivity contribution in [3.8, 4) is 11.4 Å². The predicted molar refractivity (Wildman–Crippen MR) is 87.9 cm³/mol. The summed E-state index contributed by atoms with van der Waals surface area (Å²) in [7, 11) is 1.38. The summed E-state index contributed by atoms with van der Waals surface area (Å²) >= 11 is 0. The minimum Gasteiger partial charge on any atom is -0.469 e. The van der Waals surface area contributed by atoms with Crippen LogP contribution in [-0.2, 0) is 9.53 Å². The number of rotatable bonds is 5. The van der Waals surface area contributed by atoms with E-state index in [0.717, 1.165) is 16.5 Å². The van der Waals surface area contributed by atoms with Crippen molar-refractivity contribution in [1.82, 2.24) is 15.0 Å². The number of anilines is 1. The first-order chi connectivity index (χ1) is 11.3. The van der Waals surface area contributed by atoms with Crippen molar-refractivity contribution in [3.63, 3.8) is 0 Å². The van der Waals surface area contributed by atoms with Crippen LogP contribution in [0.2, 0.25) is 0 Å². The highest BCUT2D eigenvalue weighted by Gasteiger charge is 2.09. The van der Waals surface area contributed by atoms with E-state index >= 15 is 0 Å².